The van der Waals surface area contributed by atoms with E-state index < -0.39 is 0 Å². The Labute approximate surface area is 140 Å². The summed E-state index contributed by atoms with van der Waals surface area (Å²) in [5.41, 5.74) is 0.948. The Morgan fingerprint density at radius 3 is 3.10 bits per heavy atom. The Morgan fingerprint density at radius 1 is 1.30 bits per heavy atom. The SMILES string of the molecule is Brc1ccc(I)cc1-c1nc(C2CCCCCN2)no1. The van der Waals surface area contributed by atoms with Crippen molar-refractivity contribution in [3.8, 4) is 11.5 Å². The van der Waals surface area contributed by atoms with Crippen molar-refractivity contribution in [2.75, 3.05) is 6.54 Å². The molecule has 0 aliphatic carbocycles. The Hall–Kier alpha value is -0.470. The lowest BCUT2D eigenvalue weighted by molar-refractivity contribution is 0.402. The van der Waals surface area contributed by atoms with Crippen LogP contribution >= 0.6 is 38.5 Å². The van der Waals surface area contributed by atoms with Gasteiger partial charge in [-0.1, -0.05) is 18.0 Å². The van der Waals surface area contributed by atoms with Crippen LogP contribution in [0.4, 0.5) is 0 Å². The van der Waals surface area contributed by atoms with Crippen LogP contribution in [0.5, 0.6) is 0 Å². The lowest BCUT2D eigenvalue weighted by Gasteiger charge is -2.09. The fourth-order valence-electron chi connectivity index (χ4n) is 2.40. The maximum Gasteiger partial charge on any atom is 0.259 e. The summed E-state index contributed by atoms with van der Waals surface area (Å²) < 4.78 is 7.57. The molecular weight excluding hydrogens is 433 g/mol. The average molecular weight is 448 g/mol. The van der Waals surface area contributed by atoms with Crippen molar-refractivity contribution in [3.63, 3.8) is 0 Å². The zero-order valence-electron chi connectivity index (χ0n) is 10.9. The molecule has 1 saturated heterocycles. The number of nitrogens with one attached hydrogen (secondary N) is 1. The van der Waals surface area contributed by atoms with Gasteiger partial charge in [-0.3, -0.25) is 0 Å². The van der Waals surface area contributed by atoms with Gasteiger partial charge in [-0.25, -0.2) is 0 Å². The molecule has 1 aromatic carbocycles. The third-order valence-corrected chi connectivity index (χ3v) is 4.84. The molecule has 1 fully saturated rings. The Balaban J connectivity index is 1.87. The summed E-state index contributed by atoms with van der Waals surface area (Å²) in [5.74, 6) is 1.35. The van der Waals surface area contributed by atoms with Gasteiger partial charge in [-0.05, 0) is 76.1 Å². The van der Waals surface area contributed by atoms with E-state index >= 15 is 0 Å². The van der Waals surface area contributed by atoms with Crippen LogP contribution < -0.4 is 5.32 Å². The van der Waals surface area contributed by atoms with Crippen molar-refractivity contribution in [2.45, 2.75) is 31.7 Å². The number of hydrogen-bond donors (Lipinski definition) is 1. The van der Waals surface area contributed by atoms with Crippen LogP contribution in [0.3, 0.4) is 0 Å². The van der Waals surface area contributed by atoms with E-state index in [1.165, 1.54) is 19.3 Å². The Morgan fingerprint density at radius 2 is 2.20 bits per heavy atom. The van der Waals surface area contributed by atoms with E-state index in [9.17, 15) is 0 Å². The van der Waals surface area contributed by atoms with Gasteiger partial charge in [-0.2, -0.15) is 4.98 Å². The van der Waals surface area contributed by atoms with E-state index in [-0.39, 0.29) is 6.04 Å². The zero-order chi connectivity index (χ0) is 13.9. The van der Waals surface area contributed by atoms with Crippen molar-refractivity contribution in [3.05, 3.63) is 32.1 Å². The second-order valence-electron chi connectivity index (χ2n) is 4.94. The topological polar surface area (TPSA) is 51.0 Å². The molecule has 6 heteroatoms. The van der Waals surface area contributed by atoms with Crippen LogP contribution in [0, 0.1) is 3.57 Å². The fraction of sp³-hybridized carbons (Fsp3) is 0.429. The molecule has 1 aliphatic rings. The summed E-state index contributed by atoms with van der Waals surface area (Å²) in [4.78, 5) is 4.57. The number of benzene rings is 1. The van der Waals surface area contributed by atoms with Crippen LogP contribution in [-0.4, -0.2) is 16.7 Å². The smallest absolute Gasteiger partial charge is 0.259 e. The molecule has 1 N–H and O–H groups in total. The largest absolute Gasteiger partial charge is 0.334 e. The van der Waals surface area contributed by atoms with Gasteiger partial charge >= 0.3 is 0 Å². The highest BCUT2D eigenvalue weighted by molar-refractivity contribution is 14.1. The van der Waals surface area contributed by atoms with E-state index in [1.54, 1.807) is 0 Å². The minimum absolute atomic E-state index is 0.219. The normalized spacial score (nSPS) is 19.8. The summed E-state index contributed by atoms with van der Waals surface area (Å²) >= 11 is 5.82. The summed E-state index contributed by atoms with van der Waals surface area (Å²) in [5, 5.41) is 7.65. The molecule has 0 saturated carbocycles. The molecule has 0 amide bonds. The number of hydrogen-bond acceptors (Lipinski definition) is 4. The quantitative estimate of drug-likeness (QED) is 0.697. The highest BCUT2D eigenvalue weighted by Gasteiger charge is 2.20. The average Bonchev–Trinajstić information content (AvgIpc) is 2.77. The van der Waals surface area contributed by atoms with Gasteiger partial charge in [0.25, 0.3) is 5.89 Å². The molecule has 0 spiro atoms. The number of rotatable bonds is 2. The number of nitrogens with zero attached hydrogens (tertiary/aromatic N) is 2. The summed E-state index contributed by atoms with van der Waals surface area (Å²) in [6.45, 7) is 1.03. The van der Waals surface area contributed by atoms with Crippen molar-refractivity contribution < 1.29 is 4.52 Å². The molecular formula is C14H15BrIN3O. The first-order valence-corrected chi connectivity index (χ1v) is 8.63. The highest BCUT2D eigenvalue weighted by Crippen LogP contribution is 2.30. The first-order valence-electron chi connectivity index (χ1n) is 6.76. The minimum Gasteiger partial charge on any atom is -0.334 e. The van der Waals surface area contributed by atoms with Crippen molar-refractivity contribution >= 4 is 38.5 Å². The van der Waals surface area contributed by atoms with Crippen LogP contribution in [-0.2, 0) is 0 Å². The van der Waals surface area contributed by atoms with Crippen LogP contribution in [0.15, 0.2) is 27.2 Å². The van der Waals surface area contributed by atoms with E-state index in [0.29, 0.717) is 5.89 Å². The molecule has 106 valence electrons. The summed E-state index contributed by atoms with van der Waals surface area (Å²) in [7, 11) is 0. The van der Waals surface area contributed by atoms with Crippen LogP contribution in [0.2, 0.25) is 0 Å². The first kappa shape index (κ1) is 14.5. The van der Waals surface area contributed by atoms with Gasteiger partial charge < -0.3 is 9.84 Å². The number of halogens is 2. The van der Waals surface area contributed by atoms with Gasteiger partial charge in [0.15, 0.2) is 5.82 Å². The van der Waals surface area contributed by atoms with Gasteiger partial charge in [0, 0.05) is 8.04 Å². The van der Waals surface area contributed by atoms with E-state index in [2.05, 4.69) is 54.0 Å². The summed E-state index contributed by atoms with van der Waals surface area (Å²) in [6.07, 6.45) is 4.79. The highest BCUT2D eigenvalue weighted by atomic mass is 127. The first-order chi connectivity index (χ1) is 9.74. The van der Waals surface area contributed by atoms with Crippen LogP contribution in [0.25, 0.3) is 11.5 Å². The molecule has 1 atom stereocenters. The van der Waals surface area contributed by atoms with Gasteiger partial charge in [0.05, 0.1) is 11.6 Å². The molecule has 3 rings (SSSR count). The second-order valence-corrected chi connectivity index (χ2v) is 7.04. The standard InChI is InChI=1S/C14H15BrIN3O/c15-11-6-5-9(16)8-10(11)14-18-13(19-20-14)12-4-2-1-3-7-17-12/h5-6,8,12,17H,1-4,7H2. The van der Waals surface area contributed by atoms with Gasteiger partial charge in [-0.15, -0.1) is 0 Å². The molecule has 1 unspecified atom stereocenters. The predicted octanol–water partition coefficient (Wildman–Crippen LogP) is 4.31. The molecule has 2 aromatic rings. The lowest BCUT2D eigenvalue weighted by Crippen LogP contribution is -2.21. The zero-order valence-corrected chi connectivity index (χ0v) is 14.6. The lowest BCUT2D eigenvalue weighted by atomic mass is 10.1. The molecule has 0 radical (unpaired) electrons. The van der Waals surface area contributed by atoms with E-state index in [4.69, 9.17) is 4.52 Å². The van der Waals surface area contributed by atoms with Crippen LogP contribution in [0.1, 0.15) is 37.5 Å². The monoisotopic (exact) mass is 447 g/mol. The maximum absolute atomic E-state index is 5.45. The molecule has 2 heterocycles. The molecule has 4 nitrogen and oxygen atoms in total. The fourth-order valence-corrected chi connectivity index (χ4v) is 3.30. The molecule has 20 heavy (non-hydrogen) atoms. The van der Waals surface area contributed by atoms with Crippen molar-refractivity contribution in [2.24, 2.45) is 0 Å². The summed E-state index contributed by atoms with van der Waals surface area (Å²) in [6, 6.07) is 6.31. The van der Waals surface area contributed by atoms with E-state index in [0.717, 1.165) is 32.4 Å². The molecule has 1 aliphatic heterocycles. The third-order valence-electron chi connectivity index (χ3n) is 3.47. The number of aromatic nitrogens is 2. The molecule has 0 bridgehead atoms. The molecule has 1 aromatic heterocycles. The van der Waals surface area contributed by atoms with E-state index in [1.807, 2.05) is 18.2 Å². The Kier molecular flexibility index (Phi) is 4.72. The third kappa shape index (κ3) is 3.23. The maximum atomic E-state index is 5.45. The van der Waals surface area contributed by atoms with Crippen molar-refractivity contribution in [1.29, 1.82) is 0 Å². The predicted molar refractivity (Wildman–Crippen MR) is 89.4 cm³/mol. The Bertz CT molecular complexity index is 594. The van der Waals surface area contributed by atoms with Crippen molar-refractivity contribution in [1.82, 2.24) is 15.5 Å². The van der Waals surface area contributed by atoms with Gasteiger partial charge in [0.2, 0.25) is 0 Å². The van der Waals surface area contributed by atoms with Gasteiger partial charge in [0.1, 0.15) is 0 Å². The second kappa shape index (κ2) is 6.53. The minimum atomic E-state index is 0.219.